The first-order chi connectivity index (χ1) is 5.15. The minimum atomic E-state index is -4.08. The summed E-state index contributed by atoms with van der Waals surface area (Å²) in [7, 11) is -1.98. The molecule has 0 aromatic heterocycles. The second kappa shape index (κ2) is 37.2. The third-order valence-electron chi connectivity index (χ3n) is 0. The van der Waals surface area contributed by atoms with Gasteiger partial charge in [0.1, 0.15) is 0 Å². The van der Waals surface area contributed by atoms with Crippen molar-refractivity contribution in [1.82, 2.24) is 0 Å². The van der Waals surface area contributed by atoms with Gasteiger partial charge in [0.25, 0.3) is 0 Å². The molecule has 0 aliphatic heterocycles. The van der Waals surface area contributed by atoms with Gasteiger partial charge in [-0.1, -0.05) is 14.9 Å². The summed E-state index contributed by atoms with van der Waals surface area (Å²) in [6.07, 6.45) is 4.56. The van der Waals surface area contributed by atoms with Gasteiger partial charge in [0, 0.05) is 1.43 Å². The van der Waals surface area contributed by atoms with E-state index in [1.165, 1.54) is 0 Å². The molecule has 0 aliphatic rings. The van der Waals surface area contributed by atoms with Crippen LogP contribution in [0.4, 0.5) is 0 Å². The molecule has 6 nitrogen and oxygen atoms in total. The molecular weight excluding hydrogens is 371 g/mol. The Hall–Kier alpha value is 4.70. The van der Waals surface area contributed by atoms with E-state index in [1.807, 2.05) is 0 Å². The minimum Gasteiger partial charge on any atom is -0.750 e. The van der Waals surface area contributed by atoms with E-state index in [-0.39, 0.29) is 133 Å². The van der Waals surface area contributed by atoms with Crippen molar-refractivity contribution in [3.05, 3.63) is 0 Å². The van der Waals surface area contributed by atoms with Crippen LogP contribution in [0.2, 0.25) is 0 Å². The van der Waals surface area contributed by atoms with Crippen LogP contribution < -0.4 is 118 Å². The summed E-state index contributed by atoms with van der Waals surface area (Å²) >= 11 is 0.493. The fraction of sp³-hybridized carbons (Fsp3) is 0. The molecule has 0 spiro atoms. The summed E-state index contributed by atoms with van der Waals surface area (Å²) in [5, 5.41) is 0. The predicted molar refractivity (Wildman–Crippen MR) is 61.5 cm³/mol. The second-order valence-electron chi connectivity index (χ2n) is 0.812. The largest absolute Gasteiger partial charge is 1.00 e. The third-order valence-corrected chi connectivity index (χ3v) is 0. The van der Waals surface area contributed by atoms with Gasteiger partial charge in [0.05, 0.1) is 20.4 Å². The Labute approximate surface area is 208 Å². The van der Waals surface area contributed by atoms with Crippen LogP contribution in [0.1, 0.15) is 1.43 Å². The van der Waals surface area contributed by atoms with Crippen LogP contribution in [0.3, 0.4) is 0 Å². The van der Waals surface area contributed by atoms with Crippen molar-refractivity contribution >= 4 is 54.3 Å². The van der Waals surface area contributed by atoms with Crippen molar-refractivity contribution in [3.63, 3.8) is 0 Å². The molecule has 0 heterocycles. The molecule has 15 heteroatoms. The number of terminal acetylenes is 1. The molecule has 0 amide bonds. The average molecular weight is 381 g/mol. The van der Waals surface area contributed by atoms with Gasteiger partial charge in [-0.15, -0.1) is 6.42 Å². The molecule has 0 fully saturated rings. The smallest absolute Gasteiger partial charge is 0.750 e. The van der Waals surface area contributed by atoms with Crippen molar-refractivity contribution in [2.45, 2.75) is 0 Å². The molecule has 84 valence electrons. The van der Waals surface area contributed by atoms with Crippen LogP contribution in [0.25, 0.3) is 0 Å². The summed E-state index contributed by atoms with van der Waals surface area (Å²) in [5.74, 6) is 0. The molecule has 3 atom stereocenters. The zero-order valence-corrected chi connectivity index (χ0v) is 22.5. The Morgan fingerprint density at radius 3 is 1.41 bits per heavy atom. The maximum Gasteiger partial charge on any atom is 1.00 e. The quantitative estimate of drug-likeness (QED) is 0.185. The molecular formula is C2H9Na4O6PS4+2. The van der Waals surface area contributed by atoms with E-state index in [2.05, 4.69) is 32.5 Å². The van der Waals surface area contributed by atoms with Crippen LogP contribution in [0.5, 0.6) is 0 Å². The van der Waals surface area contributed by atoms with Crippen molar-refractivity contribution in [2.75, 3.05) is 0 Å². The molecule has 0 aliphatic carbocycles. The van der Waals surface area contributed by atoms with Crippen molar-refractivity contribution in [1.29, 1.82) is 0 Å². The molecule has 17 heavy (non-hydrogen) atoms. The summed E-state index contributed by atoms with van der Waals surface area (Å²) in [5.41, 5.74) is 2.17. The molecule has 2 N–H and O–H groups in total. The second-order valence-corrected chi connectivity index (χ2v) is 3.70. The van der Waals surface area contributed by atoms with Gasteiger partial charge in [0.15, 0.2) is 0 Å². The molecule has 0 rings (SSSR count). The molecule has 0 bridgehead atoms. The molecule has 0 saturated carbocycles. The van der Waals surface area contributed by atoms with Gasteiger partial charge in [-0.2, -0.15) is 13.5 Å². The van der Waals surface area contributed by atoms with E-state index in [1.54, 1.807) is 0 Å². The third kappa shape index (κ3) is 328. The van der Waals surface area contributed by atoms with E-state index in [9.17, 15) is 0 Å². The van der Waals surface area contributed by atoms with Crippen molar-refractivity contribution < 1.29 is 146 Å². The predicted octanol–water partition coefficient (Wildman–Crippen LogP) is -12.5. The topological polar surface area (TPSA) is 121 Å². The van der Waals surface area contributed by atoms with Gasteiger partial charge in [0.2, 0.25) is 0 Å². The Balaban J connectivity index is -0.00000000843. The average Bonchev–Trinajstić information content (AvgIpc) is 1.56. The maximum atomic E-state index is 9.00. The van der Waals surface area contributed by atoms with Gasteiger partial charge in [-0.25, -0.2) is 8.42 Å². The maximum absolute atomic E-state index is 9.00. The van der Waals surface area contributed by atoms with Crippen LogP contribution in [-0.4, -0.2) is 26.6 Å². The molecule has 0 aromatic rings. The first-order valence-electron chi connectivity index (χ1n) is 1.78. The van der Waals surface area contributed by atoms with Gasteiger partial charge in [-0.05, 0) is 11.2 Å². The summed E-state index contributed by atoms with van der Waals surface area (Å²) < 4.78 is 49.4. The Bertz CT molecular complexity index is 247. The monoisotopic (exact) mass is 381 g/mol. The first kappa shape index (κ1) is 49.5. The van der Waals surface area contributed by atoms with Gasteiger partial charge < -0.3 is 18.2 Å². The summed E-state index contributed by atoms with van der Waals surface area (Å²) in [6.45, 7) is 0. The van der Waals surface area contributed by atoms with Crippen LogP contribution in [0, 0.1) is 12.1 Å². The fourth-order valence-electron chi connectivity index (χ4n) is 0. The number of rotatable bonds is 0. The van der Waals surface area contributed by atoms with Crippen LogP contribution in [-0.2, 0) is 31.6 Å². The summed E-state index contributed by atoms with van der Waals surface area (Å²) in [6, 6.07) is 0. The molecule has 0 aromatic carbocycles. The Kier molecular flexibility index (Phi) is 108. The Morgan fingerprint density at radius 1 is 1.41 bits per heavy atom. The van der Waals surface area contributed by atoms with E-state index >= 15 is 0 Å². The minimum absolute atomic E-state index is 0. The standard InChI is InChI=1S/C2H3P.4Na.H2O3S2.H2O3S.H2S.H2/c1-2-3;;;;;1-5(2,3)4;1-4(2)3;;/h1H,3H2;;;;;(H2,1,2,3,4);(H2,1,2,3);1H2;1H/q;4*+1;;;;/p-2/i;;;;;;;;1+1. The normalized spacial score (nSPS) is 10.4. The SMILES string of the molecule is C#CP.O=S([O-])(O)=S.O=S([O-])O.S.[2HH].[Na+].[Na+].[Na+].[Na+]. The summed E-state index contributed by atoms with van der Waals surface area (Å²) in [4.78, 5) is 0. The van der Waals surface area contributed by atoms with Crippen molar-refractivity contribution in [3.8, 4) is 12.1 Å². The van der Waals surface area contributed by atoms with Crippen molar-refractivity contribution in [2.24, 2.45) is 0 Å². The van der Waals surface area contributed by atoms with Gasteiger partial charge >= 0.3 is 118 Å². The molecule has 0 saturated heterocycles. The van der Waals surface area contributed by atoms with E-state index in [0.29, 0.717) is 0 Å². The Morgan fingerprint density at radius 2 is 1.41 bits per heavy atom. The number of hydrogen-bond donors (Lipinski definition) is 2. The first-order valence-corrected chi connectivity index (χ1v) is 5.75. The number of hydrogen-bond acceptors (Lipinski definition) is 5. The van der Waals surface area contributed by atoms with E-state index in [4.69, 9.17) is 26.6 Å². The zero-order valence-electron chi connectivity index (χ0n) is 9.91. The van der Waals surface area contributed by atoms with E-state index in [0.717, 1.165) is 0 Å². The van der Waals surface area contributed by atoms with Crippen LogP contribution >= 0.6 is 22.7 Å². The zero-order chi connectivity index (χ0) is 10.8. The fourth-order valence-corrected chi connectivity index (χ4v) is 0. The van der Waals surface area contributed by atoms with Gasteiger partial charge in [-0.3, -0.25) is 0 Å². The molecule has 3 unspecified atom stereocenters. The van der Waals surface area contributed by atoms with Crippen LogP contribution in [0.15, 0.2) is 0 Å². The molecule has 0 radical (unpaired) electrons. The van der Waals surface area contributed by atoms with E-state index < -0.39 is 20.4 Å².